The van der Waals surface area contributed by atoms with E-state index in [4.69, 9.17) is 0 Å². The van der Waals surface area contributed by atoms with E-state index < -0.39 is 0 Å². The summed E-state index contributed by atoms with van der Waals surface area (Å²) in [5, 5.41) is 3.41. The minimum atomic E-state index is 0.375. The number of anilines is 1. The number of nitrogens with one attached hydrogen (secondary N) is 1. The molecule has 0 bridgehead atoms. The van der Waals surface area contributed by atoms with Crippen molar-refractivity contribution in [3.05, 3.63) is 35.5 Å². The van der Waals surface area contributed by atoms with Gasteiger partial charge in [-0.3, -0.25) is 0 Å². The Morgan fingerprint density at radius 2 is 2.28 bits per heavy atom. The number of nitrogens with zero attached hydrogens (tertiary/aromatic N) is 2. The van der Waals surface area contributed by atoms with Gasteiger partial charge in [-0.25, -0.2) is 4.98 Å². The molecule has 0 fully saturated rings. The molecule has 1 atom stereocenters. The third-order valence-corrected chi connectivity index (χ3v) is 3.44. The van der Waals surface area contributed by atoms with E-state index in [1.807, 2.05) is 6.20 Å². The number of aromatic nitrogens is 1. The van der Waals surface area contributed by atoms with Crippen molar-refractivity contribution >= 4 is 5.82 Å². The van der Waals surface area contributed by atoms with Crippen molar-refractivity contribution in [1.29, 1.82) is 0 Å². The Hall–Kier alpha value is -1.35. The van der Waals surface area contributed by atoms with Crippen molar-refractivity contribution in [2.24, 2.45) is 0 Å². The van der Waals surface area contributed by atoms with Gasteiger partial charge < -0.3 is 10.2 Å². The largest absolute Gasteiger partial charge is 0.352 e. The van der Waals surface area contributed by atoms with Crippen LogP contribution < -0.4 is 10.2 Å². The molecule has 0 amide bonds. The Bertz CT molecular complexity index is 408. The Labute approximate surface area is 110 Å². The smallest absolute Gasteiger partial charge is 0.128 e. The lowest BCUT2D eigenvalue weighted by Crippen LogP contribution is -2.29. The summed E-state index contributed by atoms with van der Waals surface area (Å²) in [4.78, 5) is 6.94. The highest BCUT2D eigenvalue weighted by molar-refractivity contribution is 5.42. The van der Waals surface area contributed by atoms with E-state index in [1.165, 1.54) is 11.1 Å². The van der Waals surface area contributed by atoms with Gasteiger partial charge in [0.15, 0.2) is 0 Å². The lowest BCUT2D eigenvalue weighted by molar-refractivity contribution is 0.596. The van der Waals surface area contributed by atoms with Crippen molar-refractivity contribution in [2.75, 3.05) is 24.5 Å². The van der Waals surface area contributed by atoms with Gasteiger partial charge in [-0.05, 0) is 38.4 Å². The van der Waals surface area contributed by atoms with Crippen molar-refractivity contribution < 1.29 is 0 Å². The van der Waals surface area contributed by atoms with Crippen LogP contribution in [-0.2, 0) is 0 Å². The quantitative estimate of drug-likeness (QED) is 0.827. The molecular weight excluding hydrogens is 222 g/mol. The van der Waals surface area contributed by atoms with Gasteiger partial charge in [-0.15, -0.1) is 0 Å². The highest BCUT2D eigenvalue weighted by Crippen LogP contribution is 2.19. The molecule has 0 saturated carbocycles. The summed E-state index contributed by atoms with van der Waals surface area (Å²) in [7, 11) is 0. The fourth-order valence-corrected chi connectivity index (χ4v) is 2.37. The Kier molecular flexibility index (Phi) is 4.37. The number of pyridine rings is 1. The van der Waals surface area contributed by atoms with E-state index in [9.17, 15) is 0 Å². The van der Waals surface area contributed by atoms with Gasteiger partial charge >= 0.3 is 0 Å². The summed E-state index contributed by atoms with van der Waals surface area (Å²) in [6.45, 7) is 9.56. The second kappa shape index (κ2) is 6.01. The van der Waals surface area contributed by atoms with E-state index in [2.05, 4.69) is 54.2 Å². The first-order valence-corrected chi connectivity index (χ1v) is 6.80. The maximum absolute atomic E-state index is 4.60. The van der Waals surface area contributed by atoms with Gasteiger partial charge in [-0.1, -0.05) is 24.6 Å². The molecule has 1 aliphatic rings. The molecule has 0 saturated heterocycles. The zero-order chi connectivity index (χ0) is 13.0. The molecule has 3 nitrogen and oxygen atoms in total. The standard InChI is InChI=1S/C15H23N3/c1-4-16-13(3)14-7-8-15(17-10-14)18-9-5-6-12(2)11-18/h6-8,10,13,16H,4-5,9,11H2,1-3H3. The van der Waals surface area contributed by atoms with Crippen molar-refractivity contribution in [1.82, 2.24) is 10.3 Å². The third kappa shape index (κ3) is 3.10. The zero-order valence-corrected chi connectivity index (χ0v) is 11.6. The minimum absolute atomic E-state index is 0.375. The second-order valence-electron chi connectivity index (χ2n) is 4.99. The lowest BCUT2D eigenvalue weighted by Gasteiger charge is -2.27. The second-order valence-corrected chi connectivity index (χ2v) is 4.99. The van der Waals surface area contributed by atoms with Crippen LogP contribution in [-0.4, -0.2) is 24.6 Å². The monoisotopic (exact) mass is 245 g/mol. The summed E-state index contributed by atoms with van der Waals surface area (Å²) in [6.07, 6.45) is 5.44. The predicted octanol–water partition coefficient (Wildman–Crippen LogP) is 2.91. The molecule has 0 aliphatic carbocycles. The highest BCUT2D eigenvalue weighted by atomic mass is 15.2. The van der Waals surface area contributed by atoms with Gasteiger partial charge in [-0.2, -0.15) is 0 Å². The average molecular weight is 245 g/mol. The molecular formula is C15H23N3. The van der Waals surface area contributed by atoms with Crippen LogP contribution >= 0.6 is 0 Å². The predicted molar refractivity (Wildman–Crippen MR) is 76.9 cm³/mol. The Balaban J connectivity index is 2.05. The van der Waals surface area contributed by atoms with Crippen molar-refractivity contribution in [2.45, 2.75) is 33.2 Å². The topological polar surface area (TPSA) is 28.2 Å². The fourth-order valence-electron chi connectivity index (χ4n) is 2.37. The summed E-state index contributed by atoms with van der Waals surface area (Å²) >= 11 is 0. The first-order valence-electron chi connectivity index (χ1n) is 6.80. The molecule has 18 heavy (non-hydrogen) atoms. The molecule has 1 aliphatic heterocycles. The Morgan fingerprint density at radius 3 is 2.89 bits per heavy atom. The van der Waals surface area contributed by atoms with Gasteiger partial charge in [0.2, 0.25) is 0 Å². The van der Waals surface area contributed by atoms with Crippen molar-refractivity contribution in [3.63, 3.8) is 0 Å². The van der Waals surface area contributed by atoms with Crippen LogP contribution in [0.15, 0.2) is 30.0 Å². The Morgan fingerprint density at radius 1 is 1.44 bits per heavy atom. The summed E-state index contributed by atoms with van der Waals surface area (Å²) in [6, 6.07) is 4.70. The normalized spacial score (nSPS) is 17.5. The van der Waals surface area contributed by atoms with Gasteiger partial charge in [0.25, 0.3) is 0 Å². The molecule has 98 valence electrons. The highest BCUT2D eigenvalue weighted by Gasteiger charge is 2.12. The van der Waals surface area contributed by atoms with Gasteiger partial charge in [0.1, 0.15) is 5.82 Å². The molecule has 2 rings (SSSR count). The van der Waals surface area contributed by atoms with Crippen LogP contribution in [0.1, 0.15) is 38.8 Å². The van der Waals surface area contributed by atoms with Gasteiger partial charge in [0.05, 0.1) is 0 Å². The number of rotatable bonds is 4. The third-order valence-electron chi connectivity index (χ3n) is 3.44. The van der Waals surface area contributed by atoms with Crippen LogP contribution in [0.3, 0.4) is 0 Å². The molecule has 1 unspecified atom stereocenters. The van der Waals surface area contributed by atoms with Crippen molar-refractivity contribution in [3.8, 4) is 0 Å². The first-order chi connectivity index (χ1) is 8.70. The van der Waals surface area contributed by atoms with E-state index in [0.29, 0.717) is 6.04 Å². The molecule has 0 spiro atoms. The molecule has 3 heteroatoms. The first kappa shape index (κ1) is 13.1. The van der Waals surface area contributed by atoms with E-state index in [1.54, 1.807) is 0 Å². The summed E-state index contributed by atoms with van der Waals surface area (Å²) in [5.41, 5.74) is 2.69. The molecule has 1 aromatic rings. The van der Waals surface area contributed by atoms with E-state index in [-0.39, 0.29) is 0 Å². The number of hydrogen-bond acceptors (Lipinski definition) is 3. The average Bonchev–Trinajstić information content (AvgIpc) is 2.39. The lowest BCUT2D eigenvalue weighted by atomic mass is 10.1. The van der Waals surface area contributed by atoms with Crippen LogP contribution in [0.5, 0.6) is 0 Å². The minimum Gasteiger partial charge on any atom is -0.352 e. The van der Waals surface area contributed by atoms with Crippen LogP contribution in [0.25, 0.3) is 0 Å². The fraction of sp³-hybridized carbons (Fsp3) is 0.533. The van der Waals surface area contributed by atoms with E-state index in [0.717, 1.165) is 31.9 Å². The molecule has 0 radical (unpaired) electrons. The molecule has 0 aromatic carbocycles. The maximum atomic E-state index is 4.60. The molecule has 1 N–H and O–H groups in total. The summed E-state index contributed by atoms with van der Waals surface area (Å²) in [5.74, 6) is 1.09. The van der Waals surface area contributed by atoms with Crippen LogP contribution in [0.4, 0.5) is 5.82 Å². The molecule has 2 heterocycles. The summed E-state index contributed by atoms with van der Waals surface area (Å²) < 4.78 is 0. The van der Waals surface area contributed by atoms with E-state index >= 15 is 0 Å². The molecule has 1 aromatic heterocycles. The maximum Gasteiger partial charge on any atom is 0.128 e. The zero-order valence-electron chi connectivity index (χ0n) is 11.6. The van der Waals surface area contributed by atoms with Crippen LogP contribution in [0.2, 0.25) is 0 Å². The number of hydrogen-bond donors (Lipinski definition) is 1. The van der Waals surface area contributed by atoms with Crippen LogP contribution in [0, 0.1) is 0 Å². The SMILES string of the molecule is CCNC(C)c1ccc(N2CCC=C(C)C2)nc1. The van der Waals surface area contributed by atoms with Gasteiger partial charge in [0, 0.05) is 25.3 Å².